The van der Waals surface area contributed by atoms with Crippen molar-refractivity contribution in [1.29, 1.82) is 0 Å². The number of hydrogen-bond donors (Lipinski definition) is 2. The first kappa shape index (κ1) is 15.6. The Labute approximate surface area is 126 Å². The van der Waals surface area contributed by atoms with Gasteiger partial charge in [0, 0.05) is 10.6 Å². The van der Waals surface area contributed by atoms with Crippen molar-refractivity contribution < 1.29 is 18.3 Å². The summed E-state index contributed by atoms with van der Waals surface area (Å²) < 4.78 is 26.9. The number of nitrogens with one attached hydrogen (secondary N) is 1. The molecular formula is C13H14N2O4S2. The summed E-state index contributed by atoms with van der Waals surface area (Å²) in [4.78, 5) is 15.5. The molecule has 0 spiro atoms. The van der Waals surface area contributed by atoms with Crippen LogP contribution in [0.25, 0.3) is 0 Å². The first-order chi connectivity index (χ1) is 9.79. The fraction of sp³-hybridized carbons (Fsp3) is 0.231. The van der Waals surface area contributed by atoms with E-state index in [1.54, 1.807) is 19.1 Å². The Morgan fingerprint density at radius 2 is 2.10 bits per heavy atom. The Morgan fingerprint density at radius 1 is 1.38 bits per heavy atom. The lowest BCUT2D eigenvalue weighted by Gasteiger charge is -2.06. The van der Waals surface area contributed by atoms with Crippen LogP contribution in [0.1, 0.15) is 25.9 Å². The van der Waals surface area contributed by atoms with E-state index in [0.717, 1.165) is 17.0 Å². The number of thiophene rings is 1. The molecule has 2 heterocycles. The fourth-order valence-electron chi connectivity index (χ4n) is 1.78. The van der Waals surface area contributed by atoms with Gasteiger partial charge in [-0.1, -0.05) is 6.07 Å². The van der Waals surface area contributed by atoms with Crippen LogP contribution >= 0.6 is 11.3 Å². The van der Waals surface area contributed by atoms with Gasteiger partial charge < -0.3 is 5.11 Å². The second kappa shape index (κ2) is 5.92. The number of carboxylic acids is 1. The van der Waals surface area contributed by atoms with Crippen LogP contribution in [0.5, 0.6) is 0 Å². The minimum atomic E-state index is -3.76. The van der Waals surface area contributed by atoms with Crippen molar-refractivity contribution in [3.8, 4) is 0 Å². The highest BCUT2D eigenvalue weighted by Gasteiger charge is 2.22. The van der Waals surface area contributed by atoms with Gasteiger partial charge in [-0.2, -0.15) is 0 Å². The molecule has 0 aliphatic heterocycles. The van der Waals surface area contributed by atoms with E-state index in [-0.39, 0.29) is 16.3 Å². The van der Waals surface area contributed by atoms with Crippen molar-refractivity contribution in [1.82, 2.24) is 9.71 Å². The SMILES string of the molecule is Cc1cccc(CNS(=O)(=O)c2cc(C(=O)O)sc2C)n1. The van der Waals surface area contributed by atoms with Gasteiger partial charge in [0.05, 0.1) is 17.1 Å². The Morgan fingerprint density at radius 3 is 2.67 bits per heavy atom. The Hall–Kier alpha value is -1.77. The number of carbonyl (C=O) groups is 1. The van der Waals surface area contributed by atoms with E-state index in [2.05, 4.69) is 9.71 Å². The molecule has 0 saturated carbocycles. The molecule has 2 rings (SSSR count). The summed E-state index contributed by atoms with van der Waals surface area (Å²) in [6.07, 6.45) is 0. The van der Waals surface area contributed by atoms with E-state index in [0.29, 0.717) is 10.6 Å². The van der Waals surface area contributed by atoms with Crippen LogP contribution in [0.15, 0.2) is 29.2 Å². The Bertz CT molecular complexity index is 781. The molecule has 0 unspecified atom stereocenters. The molecule has 2 aromatic rings. The van der Waals surface area contributed by atoms with Crippen LogP contribution in [0.2, 0.25) is 0 Å². The second-order valence-corrected chi connectivity index (χ2v) is 7.42. The molecular weight excluding hydrogens is 312 g/mol. The lowest BCUT2D eigenvalue weighted by molar-refractivity contribution is 0.0702. The molecule has 0 aliphatic rings. The maximum absolute atomic E-state index is 12.2. The zero-order valence-electron chi connectivity index (χ0n) is 11.5. The average molecular weight is 326 g/mol. The Balaban J connectivity index is 2.21. The molecule has 2 aromatic heterocycles. The quantitative estimate of drug-likeness (QED) is 0.875. The number of nitrogens with zero attached hydrogens (tertiary/aromatic N) is 1. The Kier molecular flexibility index (Phi) is 4.40. The average Bonchev–Trinajstić information content (AvgIpc) is 2.80. The van der Waals surface area contributed by atoms with Gasteiger partial charge in [-0.15, -0.1) is 11.3 Å². The van der Waals surface area contributed by atoms with Crippen molar-refractivity contribution in [3.05, 3.63) is 45.4 Å². The number of aromatic carboxylic acids is 1. The van der Waals surface area contributed by atoms with Crippen molar-refractivity contribution in [2.24, 2.45) is 0 Å². The molecule has 0 saturated heterocycles. The number of sulfonamides is 1. The summed E-state index contributed by atoms with van der Waals surface area (Å²) in [5, 5.41) is 8.91. The molecule has 0 aromatic carbocycles. The number of aromatic nitrogens is 1. The van der Waals surface area contributed by atoms with Gasteiger partial charge in [0.1, 0.15) is 4.88 Å². The van der Waals surface area contributed by atoms with Gasteiger partial charge in [-0.3, -0.25) is 4.98 Å². The van der Waals surface area contributed by atoms with E-state index >= 15 is 0 Å². The van der Waals surface area contributed by atoms with Gasteiger partial charge in [0.2, 0.25) is 10.0 Å². The van der Waals surface area contributed by atoms with Crippen LogP contribution in [0.4, 0.5) is 0 Å². The van der Waals surface area contributed by atoms with E-state index in [1.165, 1.54) is 6.07 Å². The number of carboxylic acid groups (broad SMARTS) is 1. The van der Waals surface area contributed by atoms with Crippen molar-refractivity contribution >= 4 is 27.3 Å². The molecule has 0 radical (unpaired) electrons. The lowest BCUT2D eigenvalue weighted by Crippen LogP contribution is -2.24. The summed E-state index contributed by atoms with van der Waals surface area (Å²) in [6.45, 7) is 3.46. The predicted molar refractivity (Wildman–Crippen MR) is 79.0 cm³/mol. The molecule has 0 aliphatic carbocycles. The molecule has 112 valence electrons. The molecule has 8 heteroatoms. The molecule has 0 amide bonds. The highest BCUT2D eigenvalue weighted by Crippen LogP contribution is 2.25. The topological polar surface area (TPSA) is 96.4 Å². The zero-order chi connectivity index (χ0) is 15.6. The van der Waals surface area contributed by atoms with Crippen LogP contribution < -0.4 is 4.72 Å². The second-order valence-electron chi connectivity index (χ2n) is 4.43. The standard InChI is InChI=1S/C13H14N2O4S2/c1-8-4-3-5-10(15-8)7-14-21(18,19)12-6-11(13(16)17)20-9(12)2/h3-6,14H,7H2,1-2H3,(H,16,17). The third-order valence-electron chi connectivity index (χ3n) is 2.76. The zero-order valence-corrected chi connectivity index (χ0v) is 13.1. The predicted octanol–water partition coefficient (Wildman–Crippen LogP) is 1.94. The minimum Gasteiger partial charge on any atom is -0.477 e. The van der Waals surface area contributed by atoms with Gasteiger partial charge in [-0.25, -0.2) is 17.9 Å². The van der Waals surface area contributed by atoms with Crippen LogP contribution in [0, 0.1) is 13.8 Å². The normalized spacial score (nSPS) is 11.5. The van der Waals surface area contributed by atoms with Gasteiger partial charge in [0.15, 0.2) is 0 Å². The number of hydrogen-bond acceptors (Lipinski definition) is 5. The van der Waals surface area contributed by atoms with E-state index in [9.17, 15) is 13.2 Å². The summed E-state index contributed by atoms with van der Waals surface area (Å²) in [5.41, 5.74) is 1.40. The monoisotopic (exact) mass is 326 g/mol. The number of rotatable bonds is 5. The van der Waals surface area contributed by atoms with Crippen molar-refractivity contribution in [3.63, 3.8) is 0 Å². The van der Waals surface area contributed by atoms with Crippen LogP contribution in [-0.4, -0.2) is 24.5 Å². The highest BCUT2D eigenvalue weighted by atomic mass is 32.2. The van der Waals surface area contributed by atoms with Crippen LogP contribution in [0.3, 0.4) is 0 Å². The van der Waals surface area contributed by atoms with Gasteiger partial charge in [0.25, 0.3) is 0 Å². The summed E-state index contributed by atoms with van der Waals surface area (Å²) in [7, 11) is -3.76. The first-order valence-electron chi connectivity index (χ1n) is 6.05. The smallest absolute Gasteiger partial charge is 0.345 e. The third-order valence-corrected chi connectivity index (χ3v) is 5.46. The molecule has 6 nitrogen and oxygen atoms in total. The highest BCUT2D eigenvalue weighted by molar-refractivity contribution is 7.89. The van der Waals surface area contributed by atoms with Crippen molar-refractivity contribution in [2.75, 3.05) is 0 Å². The van der Waals surface area contributed by atoms with Gasteiger partial charge >= 0.3 is 5.97 Å². The maximum atomic E-state index is 12.2. The molecule has 0 fully saturated rings. The molecule has 2 N–H and O–H groups in total. The third kappa shape index (κ3) is 3.66. The van der Waals surface area contributed by atoms with Crippen LogP contribution in [-0.2, 0) is 16.6 Å². The van der Waals surface area contributed by atoms with E-state index in [1.807, 2.05) is 13.0 Å². The van der Waals surface area contributed by atoms with E-state index < -0.39 is 16.0 Å². The molecule has 0 atom stereocenters. The molecule has 0 bridgehead atoms. The lowest BCUT2D eigenvalue weighted by atomic mass is 10.3. The number of pyridine rings is 1. The fourth-order valence-corrected chi connectivity index (χ4v) is 4.21. The summed E-state index contributed by atoms with van der Waals surface area (Å²) in [5.74, 6) is -1.13. The molecule has 21 heavy (non-hydrogen) atoms. The maximum Gasteiger partial charge on any atom is 0.345 e. The first-order valence-corrected chi connectivity index (χ1v) is 8.35. The summed E-state index contributed by atoms with van der Waals surface area (Å²) >= 11 is 0.939. The largest absolute Gasteiger partial charge is 0.477 e. The number of aryl methyl sites for hydroxylation is 2. The summed E-state index contributed by atoms with van der Waals surface area (Å²) in [6, 6.07) is 6.51. The van der Waals surface area contributed by atoms with Gasteiger partial charge in [-0.05, 0) is 32.0 Å². The van der Waals surface area contributed by atoms with Crippen molar-refractivity contribution in [2.45, 2.75) is 25.3 Å². The minimum absolute atomic E-state index is 0.00144. The van der Waals surface area contributed by atoms with E-state index in [4.69, 9.17) is 5.11 Å².